The van der Waals surface area contributed by atoms with Crippen LogP contribution in [0.3, 0.4) is 0 Å². The van der Waals surface area contributed by atoms with Crippen LogP contribution in [0.1, 0.15) is 24.1 Å². The number of nitrogens with one attached hydrogen (secondary N) is 1. The minimum absolute atomic E-state index is 0.0516. The second-order valence-corrected chi connectivity index (χ2v) is 4.90. The van der Waals surface area contributed by atoms with Gasteiger partial charge in [-0.25, -0.2) is 4.79 Å². The Morgan fingerprint density at radius 3 is 2.95 bits per heavy atom. The summed E-state index contributed by atoms with van der Waals surface area (Å²) in [5.74, 6) is 5.83. The van der Waals surface area contributed by atoms with Gasteiger partial charge in [-0.3, -0.25) is 0 Å². The standard InChI is InChI=1S/C16H21N3O2/c1-13(18-16(20)19-8-10-21-11-9-19)15-6-2-4-14(12-15)5-3-7-17/h2,4,6,12-13H,7-11,17H2,1H3,(H,18,20). The van der Waals surface area contributed by atoms with Gasteiger partial charge in [-0.15, -0.1) is 0 Å². The van der Waals surface area contributed by atoms with Crippen LogP contribution in [-0.2, 0) is 4.74 Å². The first-order valence-electron chi connectivity index (χ1n) is 7.13. The van der Waals surface area contributed by atoms with Gasteiger partial charge in [-0.2, -0.15) is 0 Å². The molecule has 0 saturated carbocycles. The van der Waals surface area contributed by atoms with Gasteiger partial charge in [-0.05, 0) is 24.6 Å². The number of urea groups is 1. The molecule has 1 aromatic rings. The van der Waals surface area contributed by atoms with E-state index in [9.17, 15) is 4.79 Å². The van der Waals surface area contributed by atoms with Gasteiger partial charge in [0.25, 0.3) is 0 Å². The Labute approximate surface area is 125 Å². The first kappa shape index (κ1) is 15.4. The minimum Gasteiger partial charge on any atom is -0.378 e. The van der Waals surface area contributed by atoms with E-state index in [-0.39, 0.29) is 12.1 Å². The molecule has 5 heteroatoms. The van der Waals surface area contributed by atoms with Gasteiger partial charge in [-0.1, -0.05) is 24.0 Å². The van der Waals surface area contributed by atoms with Crippen LogP contribution in [0.25, 0.3) is 0 Å². The molecule has 0 spiro atoms. The average Bonchev–Trinajstić information content (AvgIpc) is 2.54. The number of amides is 2. The molecule has 112 valence electrons. The lowest BCUT2D eigenvalue weighted by Crippen LogP contribution is -2.46. The van der Waals surface area contributed by atoms with Gasteiger partial charge in [0.15, 0.2) is 0 Å². The summed E-state index contributed by atoms with van der Waals surface area (Å²) in [5, 5.41) is 3.01. The van der Waals surface area contributed by atoms with Crippen molar-refractivity contribution in [3.05, 3.63) is 35.4 Å². The highest BCUT2D eigenvalue weighted by molar-refractivity contribution is 5.74. The molecule has 3 N–H and O–H groups in total. The maximum atomic E-state index is 12.2. The van der Waals surface area contributed by atoms with E-state index in [1.54, 1.807) is 4.90 Å². The molecule has 1 atom stereocenters. The Hall–Kier alpha value is -2.03. The molecule has 1 aliphatic rings. The molecule has 1 aromatic carbocycles. The quantitative estimate of drug-likeness (QED) is 0.800. The summed E-state index contributed by atoms with van der Waals surface area (Å²) >= 11 is 0. The van der Waals surface area contributed by atoms with E-state index >= 15 is 0 Å². The summed E-state index contributed by atoms with van der Waals surface area (Å²) in [4.78, 5) is 13.9. The van der Waals surface area contributed by atoms with E-state index in [4.69, 9.17) is 10.5 Å². The lowest BCUT2D eigenvalue weighted by atomic mass is 10.1. The second kappa shape index (κ2) is 7.67. The van der Waals surface area contributed by atoms with E-state index in [2.05, 4.69) is 17.2 Å². The molecular weight excluding hydrogens is 266 g/mol. The SMILES string of the molecule is CC(NC(=O)N1CCOCC1)c1cccc(C#CCN)c1. The van der Waals surface area contributed by atoms with Crippen LogP contribution < -0.4 is 11.1 Å². The third kappa shape index (κ3) is 4.48. The predicted octanol–water partition coefficient (Wildman–Crippen LogP) is 1.10. The number of morpholine rings is 1. The zero-order chi connectivity index (χ0) is 15.1. The molecule has 2 amide bonds. The third-order valence-electron chi connectivity index (χ3n) is 3.36. The summed E-state index contributed by atoms with van der Waals surface area (Å²) in [6, 6.07) is 7.71. The fraction of sp³-hybridized carbons (Fsp3) is 0.438. The van der Waals surface area contributed by atoms with E-state index in [1.165, 1.54) is 0 Å². The Morgan fingerprint density at radius 2 is 2.24 bits per heavy atom. The van der Waals surface area contributed by atoms with Crippen molar-refractivity contribution >= 4 is 6.03 Å². The molecule has 5 nitrogen and oxygen atoms in total. The van der Waals surface area contributed by atoms with Crippen molar-refractivity contribution in [2.45, 2.75) is 13.0 Å². The van der Waals surface area contributed by atoms with E-state index in [0.717, 1.165) is 11.1 Å². The predicted molar refractivity (Wildman–Crippen MR) is 81.7 cm³/mol. The third-order valence-corrected chi connectivity index (χ3v) is 3.36. The van der Waals surface area contributed by atoms with Crippen molar-refractivity contribution in [3.8, 4) is 11.8 Å². The molecule has 1 heterocycles. The number of hydrogen-bond donors (Lipinski definition) is 2. The van der Waals surface area contributed by atoms with Gasteiger partial charge in [0, 0.05) is 18.7 Å². The summed E-state index contributed by atoms with van der Waals surface area (Å²) in [5.41, 5.74) is 7.31. The van der Waals surface area contributed by atoms with E-state index in [0.29, 0.717) is 32.8 Å². The molecular formula is C16H21N3O2. The number of carbonyl (C=O) groups is 1. The Morgan fingerprint density at radius 1 is 1.48 bits per heavy atom. The maximum absolute atomic E-state index is 12.2. The first-order valence-corrected chi connectivity index (χ1v) is 7.13. The lowest BCUT2D eigenvalue weighted by Gasteiger charge is -2.28. The van der Waals surface area contributed by atoms with Crippen LogP contribution in [0.15, 0.2) is 24.3 Å². The first-order chi connectivity index (χ1) is 10.2. The van der Waals surface area contributed by atoms with Crippen LogP contribution in [0.5, 0.6) is 0 Å². The highest BCUT2D eigenvalue weighted by Crippen LogP contribution is 2.14. The normalized spacial score (nSPS) is 15.8. The summed E-state index contributed by atoms with van der Waals surface area (Å²) in [7, 11) is 0. The van der Waals surface area contributed by atoms with Crippen LogP contribution in [-0.4, -0.2) is 43.8 Å². The Balaban J connectivity index is 1.99. The Kier molecular flexibility index (Phi) is 5.61. The van der Waals surface area contributed by atoms with Crippen molar-refractivity contribution in [2.24, 2.45) is 5.73 Å². The number of ether oxygens (including phenoxy) is 1. The van der Waals surface area contributed by atoms with Crippen LogP contribution >= 0.6 is 0 Å². The maximum Gasteiger partial charge on any atom is 0.318 e. The van der Waals surface area contributed by atoms with Crippen molar-refractivity contribution in [1.82, 2.24) is 10.2 Å². The molecule has 1 aliphatic heterocycles. The smallest absolute Gasteiger partial charge is 0.318 e. The summed E-state index contributed by atoms with van der Waals surface area (Å²) < 4.78 is 5.25. The van der Waals surface area contributed by atoms with Gasteiger partial charge < -0.3 is 20.7 Å². The fourth-order valence-electron chi connectivity index (χ4n) is 2.17. The zero-order valence-corrected chi connectivity index (χ0v) is 12.3. The number of nitrogens with zero attached hydrogens (tertiary/aromatic N) is 1. The van der Waals surface area contributed by atoms with Crippen LogP contribution in [0, 0.1) is 11.8 Å². The molecule has 0 radical (unpaired) electrons. The second-order valence-electron chi connectivity index (χ2n) is 4.90. The van der Waals surface area contributed by atoms with Crippen molar-refractivity contribution in [1.29, 1.82) is 0 Å². The number of nitrogens with two attached hydrogens (primary N) is 1. The number of carbonyl (C=O) groups excluding carboxylic acids is 1. The van der Waals surface area contributed by atoms with Gasteiger partial charge >= 0.3 is 6.03 Å². The summed E-state index contributed by atoms with van der Waals surface area (Å²) in [6.07, 6.45) is 0. The fourth-order valence-corrected chi connectivity index (χ4v) is 2.17. The van der Waals surface area contributed by atoms with Crippen molar-refractivity contribution < 1.29 is 9.53 Å². The zero-order valence-electron chi connectivity index (χ0n) is 12.3. The minimum atomic E-state index is -0.0695. The lowest BCUT2D eigenvalue weighted by molar-refractivity contribution is 0.0526. The molecule has 1 unspecified atom stereocenters. The average molecular weight is 287 g/mol. The number of rotatable bonds is 2. The molecule has 1 saturated heterocycles. The van der Waals surface area contributed by atoms with Crippen molar-refractivity contribution in [2.75, 3.05) is 32.8 Å². The van der Waals surface area contributed by atoms with E-state index < -0.39 is 0 Å². The largest absolute Gasteiger partial charge is 0.378 e. The molecule has 0 bridgehead atoms. The summed E-state index contributed by atoms with van der Waals surface area (Å²) in [6.45, 7) is 4.79. The van der Waals surface area contributed by atoms with Crippen LogP contribution in [0.2, 0.25) is 0 Å². The van der Waals surface area contributed by atoms with Gasteiger partial charge in [0.2, 0.25) is 0 Å². The van der Waals surface area contributed by atoms with Crippen molar-refractivity contribution in [3.63, 3.8) is 0 Å². The molecule has 21 heavy (non-hydrogen) atoms. The monoisotopic (exact) mass is 287 g/mol. The van der Waals surface area contributed by atoms with E-state index in [1.807, 2.05) is 31.2 Å². The van der Waals surface area contributed by atoms with Gasteiger partial charge in [0.05, 0.1) is 25.8 Å². The number of benzene rings is 1. The highest BCUT2D eigenvalue weighted by atomic mass is 16.5. The molecule has 0 aliphatic carbocycles. The number of hydrogen-bond acceptors (Lipinski definition) is 3. The molecule has 1 fully saturated rings. The topological polar surface area (TPSA) is 67.6 Å². The molecule has 0 aromatic heterocycles. The van der Waals surface area contributed by atoms with Crippen LogP contribution in [0.4, 0.5) is 4.79 Å². The highest BCUT2D eigenvalue weighted by Gasteiger charge is 2.18. The molecule has 2 rings (SSSR count). The Bertz CT molecular complexity index is 542. The van der Waals surface area contributed by atoms with Gasteiger partial charge in [0.1, 0.15) is 0 Å².